The van der Waals surface area contributed by atoms with Gasteiger partial charge < -0.3 is 20.1 Å². The maximum Gasteiger partial charge on any atom is 0.413 e. The van der Waals surface area contributed by atoms with Gasteiger partial charge in [0.15, 0.2) is 0 Å². The van der Waals surface area contributed by atoms with Crippen LogP contribution in [-0.2, 0) is 32.2 Å². The fraction of sp³-hybridized carbons (Fsp3) is 0.361. The average molecular weight is 642 g/mol. The third-order valence-electron chi connectivity index (χ3n) is 7.71. The van der Waals surface area contributed by atoms with E-state index in [1.165, 1.54) is 4.90 Å². The quantitative estimate of drug-likeness (QED) is 0.185. The average Bonchev–Trinajstić information content (AvgIpc) is 3.06. The van der Waals surface area contributed by atoms with E-state index in [-0.39, 0.29) is 24.9 Å². The Bertz CT molecular complexity index is 1540. The molecule has 1 aliphatic rings. The van der Waals surface area contributed by atoms with Crippen LogP contribution in [0.25, 0.3) is 0 Å². The molecule has 11 heteroatoms. The maximum absolute atomic E-state index is 13.5. The lowest BCUT2D eigenvalue weighted by Crippen LogP contribution is -2.57. The first-order valence-electron chi connectivity index (χ1n) is 15.7. The summed E-state index contributed by atoms with van der Waals surface area (Å²) >= 11 is 0. The van der Waals surface area contributed by atoms with Crippen molar-refractivity contribution in [2.75, 3.05) is 6.54 Å². The van der Waals surface area contributed by atoms with Gasteiger partial charge in [-0.15, -0.1) is 0 Å². The molecular formula is C36H43N5O6. The number of alkyl carbamates (subject to hydrolysis) is 1. The molecule has 0 bridgehead atoms. The number of hydrogen-bond donors (Lipinski definition) is 4. The summed E-state index contributed by atoms with van der Waals surface area (Å²) in [6.07, 6.45) is -0.193. The number of carbonyl (C=O) groups excluding carboxylic acids is 4. The molecule has 11 nitrogen and oxygen atoms in total. The molecule has 1 fully saturated rings. The molecule has 248 valence electrons. The van der Waals surface area contributed by atoms with Gasteiger partial charge in [-0.2, -0.15) is 0 Å². The van der Waals surface area contributed by atoms with E-state index in [0.717, 1.165) is 16.7 Å². The first kappa shape index (κ1) is 34.7. The third kappa shape index (κ3) is 10.4. The monoisotopic (exact) mass is 641 g/mol. The van der Waals surface area contributed by atoms with Crippen molar-refractivity contribution in [1.29, 1.82) is 5.41 Å². The molecule has 47 heavy (non-hydrogen) atoms. The van der Waals surface area contributed by atoms with Crippen LogP contribution in [0.5, 0.6) is 0 Å². The molecule has 0 saturated carbocycles. The summed E-state index contributed by atoms with van der Waals surface area (Å²) in [5.74, 6) is -0.851. The normalized spacial score (nSPS) is 16.7. The zero-order valence-electron chi connectivity index (χ0n) is 27.2. The molecule has 1 aliphatic heterocycles. The zero-order chi connectivity index (χ0) is 34.0. The van der Waals surface area contributed by atoms with E-state index in [0.29, 0.717) is 24.9 Å². The van der Waals surface area contributed by atoms with Gasteiger partial charge >= 0.3 is 12.2 Å². The molecule has 0 radical (unpaired) electrons. The lowest BCUT2D eigenvalue weighted by atomic mass is 9.85. The summed E-state index contributed by atoms with van der Waals surface area (Å²) < 4.78 is 10.8. The van der Waals surface area contributed by atoms with Gasteiger partial charge in [-0.1, -0.05) is 84.9 Å². The summed E-state index contributed by atoms with van der Waals surface area (Å²) in [5.41, 5.74) is 2.44. The van der Waals surface area contributed by atoms with Gasteiger partial charge in [0.1, 0.15) is 30.1 Å². The molecule has 3 aromatic carbocycles. The third-order valence-corrected chi connectivity index (χ3v) is 7.71. The number of carbonyl (C=O) groups is 4. The number of ether oxygens (including phenoxy) is 2. The number of benzene rings is 3. The van der Waals surface area contributed by atoms with Gasteiger partial charge in [-0.05, 0) is 63.1 Å². The summed E-state index contributed by atoms with van der Waals surface area (Å²) in [6, 6.07) is 24.2. The highest BCUT2D eigenvalue weighted by molar-refractivity contribution is 6.04. The van der Waals surface area contributed by atoms with E-state index in [9.17, 15) is 19.2 Å². The smallest absolute Gasteiger partial charge is 0.413 e. The molecule has 1 heterocycles. The second-order valence-electron chi connectivity index (χ2n) is 12.5. The minimum absolute atomic E-state index is 0.0781. The highest BCUT2D eigenvalue weighted by Crippen LogP contribution is 2.32. The minimum Gasteiger partial charge on any atom is -0.444 e. The van der Waals surface area contributed by atoms with E-state index in [4.69, 9.17) is 14.9 Å². The van der Waals surface area contributed by atoms with E-state index < -0.39 is 41.7 Å². The van der Waals surface area contributed by atoms with Crippen molar-refractivity contribution in [2.45, 2.75) is 77.3 Å². The Morgan fingerprint density at radius 3 is 2.19 bits per heavy atom. The standard InChI is InChI=1S/C36H43N5O6/c1-24(39-33(43)30-21-29(27-13-9-6-10-14-27)19-20-41(30)35(45)47-36(2,3)4)32(42)38-22-25-15-17-28(18-16-25)31(37)40-34(44)46-23-26-11-7-5-8-12-26/h5-18,24,29-30H,19-23H2,1-4H3,(H,38,42)(H,39,43)(H2,37,40,44)/t24-,29-,30+/m0/s1. The number of hydrogen-bond acceptors (Lipinski definition) is 7. The first-order chi connectivity index (χ1) is 22.4. The number of likely N-dealkylation sites (tertiary alicyclic amines) is 1. The van der Waals surface area contributed by atoms with Crippen LogP contribution in [0.4, 0.5) is 9.59 Å². The molecule has 1 saturated heterocycles. The Kier molecular flexibility index (Phi) is 11.7. The van der Waals surface area contributed by atoms with Crippen LogP contribution in [0.15, 0.2) is 84.9 Å². The summed E-state index contributed by atoms with van der Waals surface area (Å²) in [7, 11) is 0. The van der Waals surface area contributed by atoms with Crippen molar-refractivity contribution in [1.82, 2.24) is 20.9 Å². The molecule has 0 spiro atoms. The zero-order valence-corrected chi connectivity index (χ0v) is 27.2. The van der Waals surface area contributed by atoms with Crippen molar-refractivity contribution in [3.8, 4) is 0 Å². The van der Waals surface area contributed by atoms with E-state index in [2.05, 4.69) is 16.0 Å². The molecule has 3 atom stereocenters. The lowest BCUT2D eigenvalue weighted by molar-refractivity contribution is -0.132. The van der Waals surface area contributed by atoms with Crippen molar-refractivity contribution in [3.05, 3.63) is 107 Å². The number of nitrogens with zero attached hydrogens (tertiary/aromatic N) is 1. The molecule has 4 amide bonds. The number of nitrogens with one attached hydrogen (secondary N) is 4. The van der Waals surface area contributed by atoms with Crippen molar-refractivity contribution in [2.24, 2.45) is 0 Å². The summed E-state index contributed by atoms with van der Waals surface area (Å²) in [6.45, 7) is 7.56. The van der Waals surface area contributed by atoms with Crippen LogP contribution in [0.3, 0.4) is 0 Å². The largest absolute Gasteiger partial charge is 0.444 e. The maximum atomic E-state index is 13.5. The fourth-order valence-corrected chi connectivity index (χ4v) is 5.22. The van der Waals surface area contributed by atoms with Gasteiger partial charge in [-0.25, -0.2) is 9.59 Å². The second-order valence-corrected chi connectivity index (χ2v) is 12.5. The Labute approximate surface area is 275 Å². The van der Waals surface area contributed by atoms with Gasteiger partial charge in [-0.3, -0.25) is 25.2 Å². The second kappa shape index (κ2) is 15.9. The van der Waals surface area contributed by atoms with Crippen LogP contribution in [0.1, 0.15) is 68.7 Å². The molecule has 0 aromatic heterocycles. The van der Waals surface area contributed by atoms with Crippen LogP contribution >= 0.6 is 0 Å². The van der Waals surface area contributed by atoms with Crippen molar-refractivity contribution < 1.29 is 28.7 Å². The highest BCUT2D eigenvalue weighted by atomic mass is 16.6. The Hall–Kier alpha value is -5.19. The number of rotatable bonds is 9. The van der Waals surface area contributed by atoms with Crippen molar-refractivity contribution in [3.63, 3.8) is 0 Å². The van der Waals surface area contributed by atoms with Gasteiger partial charge in [0.2, 0.25) is 11.8 Å². The van der Waals surface area contributed by atoms with Gasteiger partial charge in [0, 0.05) is 18.7 Å². The molecule has 4 N–H and O–H groups in total. The predicted molar refractivity (Wildman–Crippen MR) is 178 cm³/mol. The predicted octanol–water partition coefficient (Wildman–Crippen LogP) is 5.24. The minimum atomic E-state index is -0.862. The highest BCUT2D eigenvalue weighted by Gasteiger charge is 2.39. The SMILES string of the molecule is C[C@H](NC(=O)[C@H]1C[C@@H](c2ccccc2)CCN1C(=O)OC(C)(C)C)C(=O)NCc1ccc(C(=N)NC(=O)OCc2ccccc2)cc1. The van der Waals surface area contributed by atoms with E-state index in [1.807, 2.05) is 60.7 Å². The molecular weight excluding hydrogens is 598 g/mol. The topological polar surface area (TPSA) is 150 Å². The Morgan fingerprint density at radius 1 is 0.915 bits per heavy atom. The van der Waals surface area contributed by atoms with Gasteiger partial charge in [0.05, 0.1) is 0 Å². The number of amides is 4. The Morgan fingerprint density at radius 2 is 1.55 bits per heavy atom. The van der Waals surface area contributed by atoms with E-state index >= 15 is 0 Å². The van der Waals surface area contributed by atoms with E-state index in [1.54, 1.807) is 52.0 Å². The number of piperidine rings is 1. The molecule has 4 rings (SSSR count). The number of amidine groups is 1. The fourth-order valence-electron chi connectivity index (χ4n) is 5.22. The molecule has 0 aliphatic carbocycles. The first-order valence-corrected chi connectivity index (χ1v) is 15.7. The lowest BCUT2D eigenvalue weighted by Gasteiger charge is -2.39. The van der Waals surface area contributed by atoms with Crippen LogP contribution in [-0.4, -0.2) is 59.0 Å². The molecule has 0 unspecified atom stereocenters. The summed E-state index contributed by atoms with van der Waals surface area (Å²) in [5, 5.41) is 16.2. The van der Waals surface area contributed by atoms with Gasteiger partial charge in [0.25, 0.3) is 0 Å². The Balaban J connectivity index is 1.29. The summed E-state index contributed by atoms with van der Waals surface area (Å²) in [4.78, 5) is 53.1. The van der Waals surface area contributed by atoms with Crippen LogP contribution < -0.4 is 16.0 Å². The van der Waals surface area contributed by atoms with Crippen LogP contribution in [0, 0.1) is 5.41 Å². The van der Waals surface area contributed by atoms with Crippen molar-refractivity contribution >= 4 is 29.8 Å². The van der Waals surface area contributed by atoms with Crippen LogP contribution in [0.2, 0.25) is 0 Å². The molecule has 3 aromatic rings.